The van der Waals surface area contributed by atoms with Gasteiger partial charge < -0.3 is 9.97 Å². The van der Waals surface area contributed by atoms with Crippen molar-refractivity contribution in [2.45, 2.75) is 6.92 Å². The van der Waals surface area contributed by atoms with E-state index in [9.17, 15) is 0 Å². The number of rotatable bonds is 6. The number of aromatic nitrogens is 5. The van der Waals surface area contributed by atoms with Crippen LogP contribution in [0.2, 0.25) is 0 Å². The molecule has 0 aliphatic heterocycles. The Bertz CT molecular complexity index is 2220. The van der Waals surface area contributed by atoms with Gasteiger partial charge in [-0.3, -0.25) is 0 Å². The van der Waals surface area contributed by atoms with E-state index in [4.69, 9.17) is 15.0 Å². The van der Waals surface area contributed by atoms with Gasteiger partial charge in [-0.15, -0.1) is 71.3 Å². The minimum Gasteiger partial charge on any atom is -0.305 e. The van der Waals surface area contributed by atoms with Gasteiger partial charge in [0, 0.05) is 48.7 Å². The van der Waals surface area contributed by atoms with Crippen LogP contribution >= 0.6 is 0 Å². The Hall–Kier alpha value is -5.94. The van der Waals surface area contributed by atoms with E-state index in [2.05, 4.69) is 46.4 Å². The number of benzene rings is 5. The van der Waals surface area contributed by atoms with Crippen molar-refractivity contribution in [2.24, 2.45) is 0 Å². The number of nitrogens with zero attached hydrogens (tertiary/aromatic N) is 5. The van der Waals surface area contributed by atoms with Crippen molar-refractivity contribution in [2.75, 3.05) is 0 Å². The normalized spacial score (nSPS) is 10.3. The molecule has 0 spiro atoms. The number of hydrogen-bond donors (Lipinski definition) is 0. The Morgan fingerprint density at radius 1 is 0.400 bits per heavy atom. The van der Waals surface area contributed by atoms with E-state index in [1.54, 1.807) is 6.20 Å². The maximum Gasteiger partial charge on any atom is 0.164 e. The van der Waals surface area contributed by atoms with Gasteiger partial charge >= 0.3 is 0 Å². The van der Waals surface area contributed by atoms with Crippen LogP contribution in [0, 0.1) is 19.1 Å². The Labute approximate surface area is 306 Å². The predicted octanol–water partition coefficient (Wildman–Crippen LogP) is 10.3. The maximum atomic E-state index is 4.86. The molecule has 50 heavy (non-hydrogen) atoms. The summed E-state index contributed by atoms with van der Waals surface area (Å²) in [6.07, 6.45) is 1.80. The molecule has 0 saturated heterocycles. The van der Waals surface area contributed by atoms with Gasteiger partial charge in [0.15, 0.2) is 17.5 Å². The summed E-state index contributed by atoms with van der Waals surface area (Å²) in [5, 5.41) is 0. The Morgan fingerprint density at radius 2 is 0.960 bits per heavy atom. The summed E-state index contributed by atoms with van der Waals surface area (Å²) in [6, 6.07) is 60.6. The molecular formula is C44H31IrN5-2. The quantitative estimate of drug-likeness (QED) is 0.156. The second-order valence-electron chi connectivity index (χ2n) is 11.3. The second kappa shape index (κ2) is 16.4. The van der Waals surface area contributed by atoms with E-state index in [0.29, 0.717) is 17.5 Å². The fourth-order valence-electron chi connectivity index (χ4n) is 5.34. The molecule has 0 bridgehead atoms. The summed E-state index contributed by atoms with van der Waals surface area (Å²) in [4.78, 5) is 23.4. The monoisotopic (exact) mass is 822 g/mol. The van der Waals surface area contributed by atoms with Gasteiger partial charge in [-0.05, 0) is 42.1 Å². The molecule has 8 rings (SSSR count). The zero-order valence-corrected chi connectivity index (χ0v) is 29.6. The first-order chi connectivity index (χ1) is 24.2. The Kier molecular flexibility index (Phi) is 11.2. The van der Waals surface area contributed by atoms with Crippen LogP contribution in [-0.4, -0.2) is 24.9 Å². The maximum absolute atomic E-state index is 4.86. The van der Waals surface area contributed by atoms with Crippen LogP contribution in [0.1, 0.15) is 5.69 Å². The number of aryl methyl sites for hydroxylation is 1. The van der Waals surface area contributed by atoms with E-state index in [-0.39, 0.29) is 20.1 Å². The molecule has 5 aromatic carbocycles. The topological polar surface area (TPSA) is 64.5 Å². The molecule has 5 nitrogen and oxygen atoms in total. The smallest absolute Gasteiger partial charge is 0.164 e. The van der Waals surface area contributed by atoms with E-state index in [1.807, 2.05) is 146 Å². The summed E-state index contributed by atoms with van der Waals surface area (Å²) in [5.41, 5.74) is 9.90. The molecule has 8 aromatic rings. The fourth-order valence-corrected chi connectivity index (χ4v) is 5.34. The molecule has 0 amide bonds. The minimum atomic E-state index is 0. The first kappa shape index (κ1) is 33.9. The first-order valence-corrected chi connectivity index (χ1v) is 16.0. The van der Waals surface area contributed by atoms with Crippen molar-refractivity contribution >= 4 is 0 Å². The van der Waals surface area contributed by atoms with Crippen LogP contribution < -0.4 is 0 Å². The standard InChI is InChI=1S/C32H21N4.C12H10N.Ir/c1-3-11-23(12-4-1)30-34-31(24-13-5-2-6-14-24)36-32(35-30)28-18-10-16-26(22-28)25-15-9-17-27(21-25)29-19-7-8-20-33-29;1-10-6-5-9-12(13-10)11-7-3-2-4-8-11;/h1-16,18-22H;2-7,9H,1H3;/q2*-1;. The van der Waals surface area contributed by atoms with Crippen LogP contribution in [0.15, 0.2) is 170 Å². The minimum absolute atomic E-state index is 0. The third-order valence-corrected chi connectivity index (χ3v) is 7.77. The molecule has 0 atom stereocenters. The average Bonchev–Trinajstić information content (AvgIpc) is 3.19. The third-order valence-electron chi connectivity index (χ3n) is 7.77. The molecule has 6 heteroatoms. The SMILES string of the molecule is Cc1cccc(-c2[c-]cccc2)n1.[Ir].[c-]1ccc(-c2cccc(-c3nc(-c4ccccc4)nc(-c4ccccc4)n3)c2)cc1-c1ccccn1. The Balaban J connectivity index is 0.000000260. The summed E-state index contributed by atoms with van der Waals surface area (Å²) >= 11 is 0. The molecule has 0 unspecified atom stereocenters. The van der Waals surface area contributed by atoms with Crippen LogP contribution in [0.4, 0.5) is 0 Å². The van der Waals surface area contributed by atoms with Gasteiger partial charge in [-0.25, -0.2) is 15.0 Å². The molecule has 3 heterocycles. The molecule has 0 N–H and O–H groups in total. The van der Waals surface area contributed by atoms with Gasteiger partial charge in [0.1, 0.15) is 0 Å². The molecular weight excluding hydrogens is 791 g/mol. The fraction of sp³-hybridized carbons (Fsp3) is 0.0227. The summed E-state index contributed by atoms with van der Waals surface area (Å²) in [7, 11) is 0. The van der Waals surface area contributed by atoms with Crippen molar-refractivity contribution in [3.8, 4) is 67.8 Å². The van der Waals surface area contributed by atoms with E-state index < -0.39 is 0 Å². The molecule has 0 saturated carbocycles. The van der Waals surface area contributed by atoms with E-state index in [1.165, 1.54) is 0 Å². The van der Waals surface area contributed by atoms with Crippen molar-refractivity contribution in [1.82, 2.24) is 24.9 Å². The molecule has 0 aliphatic rings. The second-order valence-corrected chi connectivity index (χ2v) is 11.3. The largest absolute Gasteiger partial charge is 0.305 e. The van der Waals surface area contributed by atoms with Crippen LogP contribution in [0.25, 0.3) is 67.8 Å². The van der Waals surface area contributed by atoms with Crippen molar-refractivity contribution in [1.29, 1.82) is 0 Å². The molecule has 0 aliphatic carbocycles. The van der Waals surface area contributed by atoms with E-state index >= 15 is 0 Å². The van der Waals surface area contributed by atoms with Crippen LogP contribution in [-0.2, 0) is 20.1 Å². The van der Waals surface area contributed by atoms with Gasteiger partial charge in [-0.2, -0.15) is 0 Å². The predicted molar refractivity (Wildman–Crippen MR) is 197 cm³/mol. The van der Waals surface area contributed by atoms with E-state index in [0.717, 1.165) is 56.0 Å². The summed E-state index contributed by atoms with van der Waals surface area (Å²) in [5.74, 6) is 1.94. The van der Waals surface area contributed by atoms with Gasteiger partial charge in [-0.1, -0.05) is 103 Å². The van der Waals surface area contributed by atoms with Crippen LogP contribution in [0.3, 0.4) is 0 Å². The van der Waals surface area contributed by atoms with Crippen molar-refractivity contribution in [3.63, 3.8) is 0 Å². The van der Waals surface area contributed by atoms with Crippen molar-refractivity contribution in [3.05, 3.63) is 188 Å². The molecule has 1 radical (unpaired) electrons. The third kappa shape index (κ3) is 8.37. The summed E-state index contributed by atoms with van der Waals surface area (Å²) < 4.78 is 0. The average molecular weight is 822 g/mol. The molecule has 3 aromatic heterocycles. The van der Waals surface area contributed by atoms with Gasteiger partial charge in [0.05, 0.1) is 0 Å². The van der Waals surface area contributed by atoms with Gasteiger partial charge in [0.25, 0.3) is 0 Å². The summed E-state index contributed by atoms with van der Waals surface area (Å²) in [6.45, 7) is 1.99. The zero-order chi connectivity index (χ0) is 33.3. The number of hydrogen-bond acceptors (Lipinski definition) is 5. The van der Waals surface area contributed by atoms with Crippen LogP contribution in [0.5, 0.6) is 0 Å². The number of pyridine rings is 2. The van der Waals surface area contributed by atoms with Crippen molar-refractivity contribution < 1.29 is 20.1 Å². The van der Waals surface area contributed by atoms with Gasteiger partial charge in [0.2, 0.25) is 0 Å². The first-order valence-electron chi connectivity index (χ1n) is 16.0. The zero-order valence-electron chi connectivity index (χ0n) is 27.2. The molecule has 0 fully saturated rings. The Morgan fingerprint density at radius 3 is 1.60 bits per heavy atom. The molecule has 243 valence electrons.